The number of ether oxygens (including phenoxy) is 1. The molecule has 1 aliphatic heterocycles. The number of hydrogen-bond acceptors (Lipinski definition) is 3. The Morgan fingerprint density at radius 2 is 1.64 bits per heavy atom. The summed E-state index contributed by atoms with van der Waals surface area (Å²) in [6.07, 6.45) is -4.43. The first-order valence-corrected chi connectivity index (χ1v) is 7.43. The van der Waals surface area contributed by atoms with Crippen LogP contribution in [-0.4, -0.2) is 29.5 Å². The molecule has 0 aliphatic carbocycles. The van der Waals surface area contributed by atoms with Crippen molar-refractivity contribution in [1.29, 1.82) is 0 Å². The van der Waals surface area contributed by atoms with Crippen LogP contribution < -0.4 is 9.72 Å². The normalized spacial score (nSPS) is 14.0. The minimum atomic E-state index is -4.43. The summed E-state index contributed by atoms with van der Waals surface area (Å²) in [6.45, 7) is 0.157. The van der Waals surface area contributed by atoms with Gasteiger partial charge in [-0.15, -0.1) is 0 Å². The van der Waals surface area contributed by atoms with Crippen LogP contribution in [0.15, 0.2) is 36.4 Å². The molecule has 1 N–H and O–H groups in total. The molecule has 5 nitrogen and oxygen atoms in total. The predicted molar refractivity (Wildman–Crippen MR) is 79.9 cm³/mol. The molecule has 0 spiro atoms. The number of aromatic amines is 1. The van der Waals surface area contributed by atoms with Crippen LogP contribution in [0.5, 0.6) is 5.75 Å². The van der Waals surface area contributed by atoms with E-state index in [4.69, 9.17) is 4.74 Å². The number of amides is 2. The first-order valence-electron chi connectivity index (χ1n) is 7.43. The Kier molecular flexibility index (Phi) is 4.20. The van der Waals surface area contributed by atoms with Gasteiger partial charge in [-0.2, -0.15) is 13.2 Å². The number of nitrogens with one attached hydrogen (secondary N) is 1. The van der Waals surface area contributed by atoms with E-state index in [1.165, 1.54) is 12.1 Å². The summed E-state index contributed by atoms with van der Waals surface area (Å²) in [5.41, 5.74) is 1.56. The molecule has 130 valence electrons. The van der Waals surface area contributed by atoms with Gasteiger partial charge in [-0.3, -0.25) is 14.5 Å². The van der Waals surface area contributed by atoms with Gasteiger partial charge in [0.15, 0.2) is 18.1 Å². The van der Waals surface area contributed by atoms with Crippen molar-refractivity contribution in [2.75, 3.05) is 6.61 Å². The number of aryl methyl sites for hydroxylation is 1. The third kappa shape index (κ3) is 3.47. The summed E-state index contributed by atoms with van der Waals surface area (Å²) in [5, 5.41) is 0. The van der Waals surface area contributed by atoms with Crippen LogP contribution in [-0.2, 0) is 6.54 Å². The first kappa shape index (κ1) is 16.9. The molecular formula is C17H14F3N2O3+. The van der Waals surface area contributed by atoms with Crippen molar-refractivity contribution in [2.45, 2.75) is 19.6 Å². The lowest BCUT2D eigenvalue weighted by molar-refractivity contribution is -0.402. The SMILES string of the molecule is Cc1[nH+]c(CN2C(=O)c3ccccc3C2=O)ccc1OCC(F)(F)F. The number of carbonyl (C=O) groups excluding carboxylic acids is 2. The lowest BCUT2D eigenvalue weighted by Gasteiger charge is -2.12. The average molecular weight is 351 g/mol. The number of rotatable bonds is 4. The molecule has 2 amide bonds. The van der Waals surface area contributed by atoms with Crippen molar-refractivity contribution in [3.63, 3.8) is 0 Å². The van der Waals surface area contributed by atoms with Crippen LogP contribution in [0.1, 0.15) is 32.1 Å². The van der Waals surface area contributed by atoms with Gasteiger partial charge in [0.1, 0.15) is 6.54 Å². The van der Waals surface area contributed by atoms with E-state index in [1.54, 1.807) is 31.2 Å². The van der Waals surface area contributed by atoms with Gasteiger partial charge in [0, 0.05) is 13.0 Å². The number of benzene rings is 1. The number of hydrogen-bond donors (Lipinski definition) is 0. The average Bonchev–Trinajstić information content (AvgIpc) is 2.79. The lowest BCUT2D eigenvalue weighted by Crippen LogP contribution is -2.32. The van der Waals surface area contributed by atoms with Gasteiger partial charge < -0.3 is 4.74 Å². The quantitative estimate of drug-likeness (QED) is 0.796. The Balaban J connectivity index is 1.75. The Morgan fingerprint density at radius 1 is 1.04 bits per heavy atom. The third-order valence-corrected chi connectivity index (χ3v) is 3.75. The maximum absolute atomic E-state index is 12.3. The summed E-state index contributed by atoms with van der Waals surface area (Å²) < 4.78 is 41.4. The molecule has 0 unspecified atom stereocenters. The topological polar surface area (TPSA) is 60.8 Å². The molecule has 0 fully saturated rings. The summed E-state index contributed by atoms with van der Waals surface area (Å²) in [6, 6.07) is 9.39. The van der Waals surface area contributed by atoms with Gasteiger partial charge in [0.05, 0.1) is 11.1 Å². The minimum Gasteiger partial charge on any atom is -0.478 e. The molecule has 2 heterocycles. The molecule has 0 radical (unpaired) electrons. The van der Waals surface area contributed by atoms with Crippen molar-refractivity contribution in [3.8, 4) is 5.75 Å². The molecule has 1 aromatic heterocycles. The second kappa shape index (κ2) is 6.19. The first-order chi connectivity index (χ1) is 11.8. The van der Waals surface area contributed by atoms with E-state index in [0.717, 1.165) is 4.90 Å². The fraction of sp³-hybridized carbons (Fsp3) is 0.235. The van der Waals surface area contributed by atoms with Crippen LogP contribution in [0.4, 0.5) is 13.2 Å². The summed E-state index contributed by atoms with van der Waals surface area (Å²) in [5.74, 6) is -0.739. The number of nitrogens with zero attached hydrogens (tertiary/aromatic N) is 1. The summed E-state index contributed by atoms with van der Waals surface area (Å²) in [4.78, 5) is 28.6. The van der Waals surface area contributed by atoms with Crippen LogP contribution in [0.3, 0.4) is 0 Å². The molecule has 1 aromatic carbocycles. The Morgan fingerprint density at radius 3 is 2.16 bits per heavy atom. The zero-order valence-electron chi connectivity index (χ0n) is 13.2. The van der Waals surface area contributed by atoms with Gasteiger partial charge in [0.2, 0.25) is 5.69 Å². The zero-order valence-corrected chi connectivity index (χ0v) is 13.2. The van der Waals surface area contributed by atoms with E-state index in [9.17, 15) is 22.8 Å². The highest BCUT2D eigenvalue weighted by molar-refractivity contribution is 6.21. The smallest absolute Gasteiger partial charge is 0.422 e. The number of pyridine rings is 1. The molecule has 0 saturated heterocycles. The Hall–Kier alpha value is -2.90. The van der Waals surface area contributed by atoms with Gasteiger partial charge in [-0.25, -0.2) is 4.98 Å². The fourth-order valence-corrected chi connectivity index (χ4v) is 2.61. The molecule has 8 heteroatoms. The fourth-order valence-electron chi connectivity index (χ4n) is 2.61. The number of halogens is 3. The number of H-pyrrole nitrogens is 1. The largest absolute Gasteiger partial charge is 0.478 e. The monoisotopic (exact) mass is 351 g/mol. The Labute approximate surface area is 141 Å². The molecule has 1 aliphatic rings. The summed E-state index contributed by atoms with van der Waals surface area (Å²) >= 11 is 0. The maximum atomic E-state index is 12.3. The van der Waals surface area contributed by atoms with Gasteiger partial charge in [-0.1, -0.05) is 12.1 Å². The van der Waals surface area contributed by atoms with Crippen molar-refractivity contribution in [2.24, 2.45) is 0 Å². The standard InChI is InChI=1S/C17H13F3N2O3/c1-10-14(25-9-17(18,19)20)7-6-11(21-10)8-22-15(23)12-4-2-3-5-13(12)16(22)24/h2-7H,8-9H2,1H3/p+1. The lowest BCUT2D eigenvalue weighted by atomic mass is 10.1. The van der Waals surface area contributed by atoms with Crippen molar-refractivity contribution >= 4 is 11.8 Å². The highest BCUT2D eigenvalue weighted by Crippen LogP contribution is 2.24. The van der Waals surface area contributed by atoms with E-state index < -0.39 is 24.6 Å². The Bertz CT molecular complexity index is 814. The van der Waals surface area contributed by atoms with E-state index in [2.05, 4.69) is 4.98 Å². The van der Waals surface area contributed by atoms with Crippen molar-refractivity contribution < 1.29 is 32.5 Å². The van der Waals surface area contributed by atoms with E-state index in [1.807, 2.05) is 0 Å². The van der Waals surface area contributed by atoms with Gasteiger partial charge >= 0.3 is 6.18 Å². The van der Waals surface area contributed by atoms with Crippen LogP contribution in [0.2, 0.25) is 0 Å². The number of fused-ring (bicyclic) bond motifs is 1. The minimum absolute atomic E-state index is 0.00720. The molecule has 3 rings (SSSR count). The molecule has 0 saturated carbocycles. The molecule has 25 heavy (non-hydrogen) atoms. The number of carbonyl (C=O) groups is 2. The molecule has 0 bridgehead atoms. The molecular weight excluding hydrogens is 337 g/mol. The van der Waals surface area contributed by atoms with Crippen LogP contribution >= 0.6 is 0 Å². The second-order valence-electron chi connectivity index (χ2n) is 5.62. The van der Waals surface area contributed by atoms with Gasteiger partial charge in [-0.05, 0) is 18.2 Å². The zero-order chi connectivity index (χ0) is 18.2. The maximum Gasteiger partial charge on any atom is 0.422 e. The highest BCUT2D eigenvalue weighted by atomic mass is 19.4. The molecule has 2 aromatic rings. The van der Waals surface area contributed by atoms with E-state index >= 15 is 0 Å². The van der Waals surface area contributed by atoms with E-state index in [-0.39, 0.29) is 12.3 Å². The van der Waals surface area contributed by atoms with E-state index in [0.29, 0.717) is 22.5 Å². The third-order valence-electron chi connectivity index (χ3n) is 3.75. The van der Waals surface area contributed by atoms with Gasteiger partial charge in [0.25, 0.3) is 11.8 Å². The number of alkyl halides is 3. The summed E-state index contributed by atoms with van der Waals surface area (Å²) in [7, 11) is 0. The van der Waals surface area contributed by atoms with Crippen LogP contribution in [0.25, 0.3) is 0 Å². The highest BCUT2D eigenvalue weighted by Gasteiger charge is 2.36. The predicted octanol–water partition coefficient (Wildman–Crippen LogP) is 2.55. The number of aromatic nitrogens is 1. The van der Waals surface area contributed by atoms with Crippen molar-refractivity contribution in [3.05, 3.63) is 58.9 Å². The second-order valence-corrected chi connectivity index (χ2v) is 5.62. The van der Waals surface area contributed by atoms with Crippen molar-refractivity contribution in [1.82, 2.24) is 4.90 Å². The number of imide groups is 1. The van der Waals surface area contributed by atoms with Crippen LogP contribution in [0, 0.1) is 6.92 Å². The molecule has 0 atom stereocenters.